The van der Waals surface area contributed by atoms with Crippen LogP contribution in [-0.2, 0) is 11.2 Å². The Kier molecular flexibility index (Phi) is 5.30. The van der Waals surface area contributed by atoms with E-state index in [-0.39, 0.29) is 0 Å². The second-order valence-corrected chi connectivity index (χ2v) is 11.3. The van der Waals surface area contributed by atoms with Crippen molar-refractivity contribution >= 4 is 65.6 Å². The summed E-state index contributed by atoms with van der Waals surface area (Å²) in [4.78, 5) is 11.7. The molecule has 0 aliphatic carbocycles. The van der Waals surface area contributed by atoms with Crippen molar-refractivity contribution in [3.8, 4) is 11.1 Å². The lowest BCUT2D eigenvalue weighted by Gasteiger charge is -2.20. The number of benzene rings is 7. The zero-order valence-electron chi connectivity index (χ0n) is 21.4. The summed E-state index contributed by atoms with van der Waals surface area (Å²) in [5.74, 6) is 0. The number of hydrogen-bond donors (Lipinski definition) is 0. The van der Waals surface area contributed by atoms with Gasteiger partial charge < -0.3 is 4.55 Å². The van der Waals surface area contributed by atoms with Crippen LogP contribution in [-0.4, -0.2) is 14.5 Å². The molecule has 0 amide bonds. The third-order valence-corrected chi connectivity index (χ3v) is 9.16. The maximum absolute atomic E-state index is 14.1. The quantitative estimate of drug-likeness (QED) is 0.130. The summed E-state index contributed by atoms with van der Waals surface area (Å²) in [6.07, 6.45) is 0. The largest absolute Gasteiger partial charge is 0.606 e. The molecule has 8 rings (SSSR count). The summed E-state index contributed by atoms with van der Waals surface area (Å²) >= 11 is -1.35. The molecular weight excluding hydrogens is 508 g/mol. The number of nitrogens with zero attached hydrogens (tertiary/aromatic N) is 2. The molecule has 0 radical (unpaired) electrons. The molecule has 1 atom stereocenters. The van der Waals surface area contributed by atoms with E-state index in [0.29, 0.717) is 0 Å². The predicted octanol–water partition coefficient (Wildman–Crippen LogP) is 9.08. The van der Waals surface area contributed by atoms with Crippen molar-refractivity contribution in [2.45, 2.75) is 9.79 Å². The van der Waals surface area contributed by atoms with Gasteiger partial charge in [0.15, 0.2) is 9.79 Å². The molecule has 1 unspecified atom stereocenters. The van der Waals surface area contributed by atoms with Crippen LogP contribution in [0.2, 0.25) is 0 Å². The molecule has 3 nitrogen and oxygen atoms in total. The minimum atomic E-state index is -1.35. The molecule has 7 aromatic carbocycles. The lowest BCUT2D eigenvalue weighted by atomic mass is 9.89. The molecule has 0 saturated carbocycles. The number of para-hydroxylation sites is 2. The van der Waals surface area contributed by atoms with Crippen molar-refractivity contribution in [2.75, 3.05) is 0 Å². The van der Waals surface area contributed by atoms with E-state index in [1.54, 1.807) is 0 Å². The minimum absolute atomic E-state index is 0.795. The van der Waals surface area contributed by atoms with Crippen LogP contribution in [0.1, 0.15) is 0 Å². The third kappa shape index (κ3) is 3.51. The zero-order valence-corrected chi connectivity index (χ0v) is 22.2. The Hall–Kier alpha value is -4.77. The van der Waals surface area contributed by atoms with Gasteiger partial charge in [0, 0.05) is 27.3 Å². The van der Waals surface area contributed by atoms with Crippen LogP contribution >= 0.6 is 0 Å². The van der Waals surface area contributed by atoms with Gasteiger partial charge in [-0.05, 0) is 69.8 Å². The van der Waals surface area contributed by atoms with Gasteiger partial charge in [0.05, 0.1) is 22.1 Å². The molecule has 0 aliphatic heterocycles. The number of rotatable bonds is 3. The molecule has 8 aromatic rings. The zero-order chi connectivity index (χ0) is 26.6. The first-order valence-electron chi connectivity index (χ1n) is 13.3. The minimum Gasteiger partial charge on any atom is -0.606 e. The maximum atomic E-state index is 14.1. The molecule has 0 saturated heterocycles. The Labute approximate surface area is 233 Å². The average Bonchev–Trinajstić information content (AvgIpc) is 3.02. The Morgan fingerprint density at radius 1 is 0.450 bits per heavy atom. The fourth-order valence-corrected chi connectivity index (χ4v) is 7.29. The van der Waals surface area contributed by atoms with Crippen molar-refractivity contribution in [3.63, 3.8) is 0 Å². The van der Waals surface area contributed by atoms with Crippen LogP contribution in [0.25, 0.3) is 65.5 Å². The highest BCUT2D eigenvalue weighted by Gasteiger charge is 2.25. The van der Waals surface area contributed by atoms with E-state index < -0.39 is 11.2 Å². The number of fused-ring (bicyclic) bond motifs is 6. The maximum Gasteiger partial charge on any atom is 0.174 e. The van der Waals surface area contributed by atoms with E-state index >= 15 is 0 Å². The van der Waals surface area contributed by atoms with Gasteiger partial charge in [0.25, 0.3) is 0 Å². The van der Waals surface area contributed by atoms with E-state index in [1.165, 1.54) is 0 Å². The fraction of sp³-hybridized carbons (Fsp3) is 0. The van der Waals surface area contributed by atoms with Gasteiger partial charge in [-0.2, -0.15) is 0 Å². The smallest absolute Gasteiger partial charge is 0.174 e. The van der Waals surface area contributed by atoms with Gasteiger partial charge in [-0.1, -0.05) is 91.0 Å². The molecule has 0 fully saturated rings. The predicted molar refractivity (Wildman–Crippen MR) is 166 cm³/mol. The molecule has 0 bridgehead atoms. The van der Waals surface area contributed by atoms with Crippen LogP contribution in [0.3, 0.4) is 0 Å². The first kappa shape index (κ1) is 23.1. The molecule has 0 spiro atoms. The van der Waals surface area contributed by atoms with Gasteiger partial charge in [-0.15, -0.1) is 0 Å². The van der Waals surface area contributed by atoms with Gasteiger partial charge in [-0.25, -0.2) is 9.97 Å². The van der Waals surface area contributed by atoms with Crippen LogP contribution in [0.5, 0.6) is 0 Å². The van der Waals surface area contributed by atoms with Crippen molar-refractivity contribution < 1.29 is 4.55 Å². The van der Waals surface area contributed by atoms with Crippen molar-refractivity contribution in [1.82, 2.24) is 9.97 Å². The number of aromatic nitrogens is 2. The molecule has 1 aromatic heterocycles. The van der Waals surface area contributed by atoms with E-state index in [0.717, 1.165) is 75.3 Å². The first-order chi connectivity index (χ1) is 19.8. The Morgan fingerprint density at radius 3 is 1.60 bits per heavy atom. The summed E-state index contributed by atoms with van der Waals surface area (Å²) in [5, 5.41) is 6.31. The van der Waals surface area contributed by atoms with Gasteiger partial charge >= 0.3 is 0 Å². The van der Waals surface area contributed by atoms with Gasteiger partial charge in [0.2, 0.25) is 0 Å². The summed E-state index contributed by atoms with van der Waals surface area (Å²) in [7, 11) is 0. The third-order valence-electron chi connectivity index (χ3n) is 7.64. The molecule has 1 heterocycles. The highest BCUT2D eigenvalue weighted by Crippen LogP contribution is 2.45. The van der Waals surface area contributed by atoms with E-state index in [2.05, 4.69) is 66.7 Å². The van der Waals surface area contributed by atoms with E-state index in [4.69, 9.17) is 9.97 Å². The summed E-state index contributed by atoms with van der Waals surface area (Å²) in [6.45, 7) is 0. The normalized spacial score (nSPS) is 12.5. The molecule has 0 N–H and O–H groups in total. The lowest BCUT2D eigenvalue weighted by Crippen LogP contribution is -2.05. The topological polar surface area (TPSA) is 48.8 Å². The molecular formula is C36H22N2OS. The standard InChI is InChI=1S/C36H22N2OS/c39-40(23-12-2-1-3-13-23)36-28-18-8-5-15-25(28)34(26-16-6-9-19-29(26)36)30-22-33-35(27-17-7-4-14-24(27)30)38-32-21-11-10-20-31(32)37-33/h1-22H. The molecule has 40 heavy (non-hydrogen) atoms. The molecule has 188 valence electrons. The van der Waals surface area contributed by atoms with Gasteiger partial charge in [0.1, 0.15) is 0 Å². The second kappa shape index (κ2) is 9.16. The van der Waals surface area contributed by atoms with Crippen molar-refractivity contribution in [1.29, 1.82) is 0 Å². The SMILES string of the molecule is [O-][S+](c1ccccc1)c1c2ccccc2c(-c2cc3nc4ccccc4nc3c3ccccc23)c2ccccc12. The Balaban J connectivity index is 1.53. The summed E-state index contributed by atoms with van der Waals surface area (Å²) in [6, 6.07) is 45.0. The Bertz CT molecular complexity index is 2190. The number of hydrogen-bond acceptors (Lipinski definition) is 3. The van der Waals surface area contributed by atoms with E-state index in [9.17, 15) is 4.55 Å². The highest BCUT2D eigenvalue weighted by atomic mass is 32.2. The summed E-state index contributed by atoms with van der Waals surface area (Å²) < 4.78 is 14.1. The highest BCUT2D eigenvalue weighted by molar-refractivity contribution is 7.92. The lowest BCUT2D eigenvalue weighted by molar-refractivity contribution is 0.596. The first-order valence-corrected chi connectivity index (χ1v) is 14.4. The summed E-state index contributed by atoms with van der Waals surface area (Å²) in [5.41, 5.74) is 5.73. The molecule has 4 heteroatoms. The van der Waals surface area contributed by atoms with Crippen LogP contribution in [0.4, 0.5) is 0 Å². The van der Waals surface area contributed by atoms with Crippen LogP contribution in [0.15, 0.2) is 143 Å². The van der Waals surface area contributed by atoms with Gasteiger partial charge in [-0.3, -0.25) is 0 Å². The van der Waals surface area contributed by atoms with Crippen molar-refractivity contribution in [2.24, 2.45) is 0 Å². The molecule has 0 aliphatic rings. The van der Waals surface area contributed by atoms with E-state index in [1.807, 2.05) is 66.7 Å². The monoisotopic (exact) mass is 530 g/mol. The average molecular weight is 531 g/mol. The van der Waals surface area contributed by atoms with Crippen LogP contribution in [0, 0.1) is 0 Å². The Morgan fingerprint density at radius 2 is 0.950 bits per heavy atom. The fourth-order valence-electron chi connectivity index (χ4n) is 5.90. The van der Waals surface area contributed by atoms with Crippen LogP contribution < -0.4 is 0 Å². The second-order valence-electron chi connectivity index (χ2n) is 9.93. The van der Waals surface area contributed by atoms with Crippen molar-refractivity contribution in [3.05, 3.63) is 133 Å².